The van der Waals surface area contributed by atoms with Crippen molar-refractivity contribution in [3.05, 3.63) is 23.8 Å². The van der Waals surface area contributed by atoms with Crippen LogP contribution in [0, 0.1) is 0 Å². The van der Waals surface area contributed by atoms with Gasteiger partial charge in [0.25, 0.3) is 5.91 Å². The van der Waals surface area contributed by atoms with E-state index in [0.717, 1.165) is 13.1 Å². The first-order valence-electron chi connectivity index (χ1n) is 9.19. The second-order valence-electron chi connectivity index (χ2n) is 6.92. The van der Waals surface area contributed by atoms with Crippen molar-refractivity contribution in [1.82, 2.24) is 14.9 Å². The number of hydrogen-bond donors (Lipinski definition) is 3. The van der Waals surface area contributed by atoms with Gasteiger partial charge in [-0.3, -0.25) is 9.69 Å². The fourth-order valence-electron chi connectivity index (χ4n) is 2.86. The molecule has 3 N–H and O–H groups in total. The Kier molecular flexibility index (Phi) is 8.20. The molecule has 1 amide bonds. The first-order valence-corrected chi connectivity index (χ1v) is 10.7. The summed E-state index contributed by atoms with van der Waals surface area (Å²) in [6.07, 6.45) is -0.730. The number of rotatable bonds is 9. The van der Waals surface area contributed by atoms with Gasteiger partial charge in [-0.05, 0) is 32.0 Å². The highest BCUT2D eigenvalue weighted by Gasteiger charge is 2.23. The van der Waals surface area contributed by atoms with Crippen LogP contribution in [-0.4, -0.2) is 83.0 Å². The fourth-order valence-corrected chi connectivity index (χ4v) is 4.31. The molecule has 10 heteroatoms. The average Bonchev–Trinajstić information content (AvgIpc) is 2.65. The number of β-amino-alcohol motifs (C(OH)–C–C–N with tert-alkyl or cyclic N) is 1. The normalized spacial score (nSPS) is 16.8. The highest BCUT2D eigenvalue weighted by Crippen LogP contribution is 2.25. The Bertz CT molecular complexity index is 763. The van der Waals surface area contributed by atoms with Crippen LogP contribution in [0.1, 0.15) is 24.2 Å². The number of methoxy groups -OCH3 is 1. The molecule has 0 aliphatic carbocycles. The Morgan fingerprint density at radius 1 is 1.32 bits per heavy atom. The van der Waals surface area contributed by atoms with Crippen LogP contribution in [0.4, 0.5) is 0 Å². The summed E-state index contributed by atoms with van der Waals surface area (Å²) >= 11 is 0. The lowest BCUT2D eigenvalue weighted by molar-refractivity contribution is 0.0149. The fraction of sp³-hybridized carbons (Fsp3) is 0.611. The minimum Gasteiger partial charge on any atom is -0.495 e. The van der Waals surface area contributed by atoms with Gasteiger partial charge in [-0.1, -0.05) is 0 Å². The van der Waals surface area contributed by atoms with Crippen LogP contribution >= 0.6 is 0 Å². The maximum Gasteiger partial charge on any atom is 0.251 e. The van der Waals surface area contributed by atoms with Crippen LogP contribution in [0.2, 0.25) is 0 Å². The summed E-state index contributed by atoms with van der Waals surface area (Å²) in [6.45, 7) is 6.66. The molecular formula is C18H29N3O6S. The van der Waals surface area contributed by atoms with Gasteiger partial charge in [-0.25, -0.2) is 13.1 Å². The molecule has 1 aromatic carbocycles. The zero-order chi connectivity index (χ0) is 20.7. The minimum atomic E-state index is -3.83. The van der Waals surface area contributed by atoms with Crippen molar-refractivity contribution in [3.63, 3.8) is 0 Å². The zero-order valence-electron chi connectivity index (χ0n) is 16.5. The van der Waals surface area contributed by atoms with Gasteiger partial charge >= 0.3 is 0 Å². The molecule has 0 unspecified atom stereocenters. The number of nitrogens with one attached hydrogen (secondary N) is 2. The number of carbonyl (C=O) groups is 1. The molecule has 28 heavy (non-hydrogen) atoms. The predicted molar refractivity (Wildman–Crippen MR) is 104 cm³/mol. The number of ether oxygens (including phenoxy) is 2. The third-order valence-corrected chi connectivity index (χ3v) is 5.86. The minimum absolute atomic E-state index is 0.0640. The SMILES string of the molecule is COc1ccc(C(=O)NC[C@@H](O)CN2CCOCC2)cc1S(=O)(=O)NC(C)C. The first kappa shape index (κ1) is 22.6. The number of sulfonamides is 1. The molecule has 158 valence electrons. The van der Waals surface area contributed by atoms with Gasteiger partial charge in [0.1, 0.15) is 10.6 Å². The maximum atomic E-state index is 12.5. The quantitative estimate of drug-likeness (QED) is 0.511. The molecular weight excluding hydrogens is 386 g/mol. The number of amides is 1. The molecule has 2 rings (SSSR count). The van der Waals surface area contributed by atoms with E-state index in [4.69, 9.17) is 9.47 Å². The highest BCUT2D eigenvalue weighted by molar-refractivity contribution is 7.89. The molecule has 0 radical (unpaired) electrons. The van der Waals surface area contributed by atoms with Crippen LogP contribution in [0.15, 0.2) is 23.1 Å². The lowest BCUT2D eigenvalue weighted by atomic mass is 10.2. The number of aliphatic hydroxyl groups excluding tert-OH is 1. The summed E-state index contributed by atoms with van der Waals surface area (Å²) in [4.78, 5) is 14.4. The molecule has 1 atom stereocenters. The standard InChI is InChI=1S/C18H29N3O6S/c1-13(2)20-28(24,25)17-10-14(4-5-16(17)26-3)18(23)19-11-15(22)12-21-6-8-27-9-7-21/h4-5,10,13,15,20,22H,6-9,11-12H2,1-3H3,(H,19,23)/t15-/m1/s1. The molecule has 0 aromatic heterocycles. The molecule has 0 bridgehead atoms. The first-order chi connectivity index (χ1) is 13.2. The van der Waals surface area contributed by atoms with Gasteiger partial charge in [0, 0.05) is 37.8 Å². The van der Waals surface area contributed by atoms with Crippen molar-refractivity contribution in [1.29, 1.82) is 0 Å². The van der Waals surface area contributed by atoms with Crippen LogP contribution in [-0.2, 0) is 14.8 Å². The average molecular weight is 416 g/mol. The van der Waals surface area contributed by atoms with Gasteiger partial charge in [-0.15, -0.1) is 0 Å². The van der Waals surface area contributed by atoms with E-state index in [0.29, 0.717) is 19.8 Å². The second kappa shape index (κ2) is 10.2. The highest BCUT2D eigenvalue weighted by atomic mass is 32.2. The van der Waals surface area contributed by atoms with Crippen molar-refractivity contribution in [2.75, 3.05) is 46.5 Å². The number of carbonyl (C=O) groups excluding carboxylic acids is 1. The van der Waals surface area contributed by atoms with Crippen molar-refractivity contribution in [3.8, 4) is 5.75 Å². The lowest BCUT2D eigenvalue weighted by Crippen LogP contribution is -2.44. The molecule has 1 aromatic rings. The summed E-state index contributed by atoms with van der Waals surface area (Å²) in [5.41, 5.74) is 0.170. The van der Waals surface area contributed by atoms with Crippen molar-refractivity contribution < 1.29 is 27.8 Å². The number of nitrogens with zero attached hydrogens (tertiary/aromatic N) is 1. The van der Waals surface area contributed by atoms with Gasteiger partial charge in [-0.2, -0.15) is 0 Å². The van der Waals surface area contributed by atoms with Gasteiger partial charge in [0.2, 0.25) is 10.0 Å². The summed E-state index contributed by atoms with van der Waals surface area (Å²) < 4.78 is 37.9. The van der Waals surface area contributed by atoms with E-state index in [1.807, 2.05) is 0 Å². The van der Waals surface area contributed by atoms with Crippen molar-refractivity contribution in [2.24, 2.45) is 0 Å². The van der Waals surface area contributed by atoms with Crippen molar-refractivity contribution in [2.45, 2.75) is 30.9 Å². The monoisotopic (exact) mass is 415 g/mol. The molecule has 1 aliphatic rings. The molecule has 0 spiro atoms. The van der Waals surface area contributed by atoms with Crippen molar-refractivity contribution >= 4 is 15.9 Å². The van der Waals surface area contributed by atoms with E-state index >= 15 is 0 Å². The number of benzene rings is 1. The summed E-state index contributed by atoms with van der Waals surface area (Å²) in [5, 5.41) is 12.8. The van der Waals surface area contributed by atoms with E-state index in [1.54, 1.807) is 13.8 Å². The molecule has 1 saturated heterocycles. The van der Waals surface area contributed by atoms with Crippen LogP contribution in [0.3, 0.4) is 0 Å². The Hall–Kier alpha value is -1.72. The third kappa shape index (κ3) is 6.42. The Balaban J connectivity index is 2.03. The topological polar surface area (TPSA) is 117 Å². The predicted octanol–water partition coefficient (Wildman–Crippen LogP) is -0.195. The molecule has 1 heterocycles. The van der Waals surface area contributed by atoms with E-state index in [2.05, 4.69) is 14.9 Å². The smallest absolute Gasteiger partial charge is 0.251 e. The van der Waals surface area contributed by atoms with Crippen LogP contribution in [0.5, 0.6) is 5.75 Å². The van der Waals surface area contributed by atoms with Gasteiger partial charge in [0.05, 0.1) is 26.4 Å². The molecule has 0 saturated carbocycles. The van der Waals surface area contributed by atoms with E-state index in [1.165, 1.54) is 25.3 Å². The number of hydrogen-bond acceptors (Lipinski definition) is 7. The Morgan fingerprint density at radius 2 is 2.00 bits per heavy atom. The molecule has 1 aliphatic heterocycles. The Labute approximate surface area is 166 Å². The zero-order valence-corrected chi connectivity index (χ0v) is 17.3. The van der Waals surface area contributed by atoms with Crippen LogP contribution < -0.4 is 14.8 Å². The summed E-state index contributed by atoms with van der Waals surface area (Å²) in [6, 6.07) is 3.89. The lowest BCUT2D eigenvalue weighted by Gasteiger charge is -2.28. The maximum absolute atomic E-state index is 12.5. The third-order valence-electron chi connectivity index (χ3n) is 4.18. The summed E-state index contributed by atoms with van der Waals surface area (Å²) in [7, 11) is -2.47. The number of aliphatic hydroxyl groups is 1. The van der Waals surface area contributed by atoms with Gasteiger partial charge < -0.3 is 19.9 Å². The molecule has 1 fully saturated rings. The van der Waals surface area contributed by atoms with E-state index in [9.17, 15) is 18.3 Å². The molecule has 9 nitrogen and oxygen atoms in total. The van der Waals surface area contributed by atoms with E-state index in [-0.39, 0.29) is 28.8 Å². The second-order valence-corrected chi connectivity index (χ2v) is 8.60. The number of morpholine rings is 1. The van der Waals surface area contributed by atoms with Gasteiger partial charge in [0.15, 0.2) is 0 Å². The van der Waals surface area contributed by atoms with Crippen LogP contribution in [0.25, 0.3) is 0 Å². The summed E-state index contributed by atoms with van der Waals surface area (Å²) in [5.74, 6) is -0.318. The largest absolute Gasteiger partial charge is 0.495 e. The Morgan fingerprint density at radius 3 is 2.61 bits per heavy atom. The van der Waals surface area contributed by atoms with E-state index < -0.39 is 22.0 Å².